The third kappa shape index (κ3) is 4.79. The maximum absolute atomic E-state index is 9.35. The van der Waals surface area contributed by atoms with Crippen molar-refractivity contribution in [2.75, 3.05) is 0 Å². The average molecular weight is 154 g/mol. The Hall–Kier alpha value is -0.560. The molecule has 0 fully saturated rings. The van der Waals surface area contributed by atoms with Gasteiger partial charge in [0.05, 0.1) is 6.10 Å². The highest BCUT2D eigenvalue weighted by atomic mass is 16.3. The third-order valence-corrected chi connectivity index (χ3v) is 1.78. The number of hydrogen-bond acceptors (Lipinski definition) is 1. The molecule has 0 heterocycles. The van der Waals surface area contributed by atoms with Gasteiger partial charge in [-0.1, -0.05) is 23.3 Å². The summed E-state index contributed by atoms with van der Waals surface area (Å²) in [6.07, 6.45) is 4.14. The highest BCUT2D eigenvalue weighted by molar-refractivity contribution is 5.09. The highest BCUT2D eigenvalue weighted by Gasteiger charge is 2.00. The van der Waals surface area contributed by atoms with E-state index >= 15 is 0 Å². The van der Waals surface area contributed by atoms with E-state index in [-0.39, 0.29) is 6.10 Å². The first kappa shape index (κ1) is 10.4. The van der Waals surface area contributed by atoms with Gasteiger partial charge in [-0.05, 0) is 34.1 Å². The van der Waals surface area contributed by atoms with E-state index in [1.807, 2.05) is 19.1 Å². The standard InChI is InChI=1S/C10H18O/c1-5-6-10(11)7-9(4)8(2)3/h5-6,10-11H,7H2,1-4H3. The predicted octanol–water partition coefficient (Wildman–Crippen LogP) is 2.67. The van der Waals surface area contributed by atoms with Crippen LogP contribution in [0, 0.1) is 0 Å². The topological polar surface area (TPSA) is 20.2 Å². The molecule has 11 heavy (non-hydrogen) atoms. The number of aliphatic hydroxyl groups excluding tert-OH is 1. The third-order valence-electron chi connectivity index (χ3n) is 1.78. The van der Waals surface area contributed by atoms with Gasteiger partial charge in [0.15, 0.2) is 0 Å². The second-order valence-electron chi connectivity index (χ2n) is 3.08. The van der Waals surface area contributed by atoms with Crippen molar-refractivity contribution in [2.45, 2.75) is 40.2 Å². The Balaban J connectivity index is 3.95. The fraction of sp³-hybridized carbons (Fsp3) is 0.600. The van der Waals surface area contributed by atoms with Crippen LogP contribution in [0.1, 0.15) is 34.1 Å². The average Bonchev–Trinajstić information content (AvgIpc) is 1.87. The highest BCUT2D eigenvalue weighted by Crippen LogP contribution is 2.10. The maximum Gasteiger partial charge on any atom is 0.0757 e. The Kier molecular flexibility index (Phi) is 4.88. The SMILES string of the molecule is CC=CC(O)CC(C)=C(C)C. The molecular formula is C10H18O. The lowest BCUT2D eigenvalue weighted by molar-refractivity contribution is 0.223. The van der Waals surface area contributed by atoms with Crippen LogP contribution in [-0.4, -0.2) is 11.2 Å². The van der Waals surface area contributed by atoms with Gasteiger partial charge in [0, 0.05) is 0 Å². The summed E-state index contributed by atoms with van der Waals surface area (Å²) in [6, 6.07) is 0. The van der Waals surface area contributed by atoms with Crippen LogP contribution >= 0.6 is 0 Å². The van der Waals surface area contributed by atoms with Gasteiger partial charge in [-0.2, -0.15) is 0 Å². The quantitative estimate of drug-likeness (QED) is 0.620. The zero-order valence-corrected chi connectivity index (χ0v) is 7.89. The molecule has 0 saturated carbocycles. The smallest absolute Gasteiger partial charge is 0.0757 e. The van der Waals surface area contributed by atoms with Crippen LogP contribution in [0.15, 0.2) is 23.3 Å². The van der Waals surface area contributed by atoms with E-state index in [1.54, 1.807) is 0 Å². The van der Waals surface area contributed by atoms with Gasteiger partial charge in [-0.25, -0.2) is 0 Å². The van der Waals surface area contributed by atoms with E-state index in [0.717, 1.165) is 6.42 Å². The molecule has 64 valence electrons. The maximum atomic E-state index is 9.35. The fourth-order valence-electron chi connectivity index (χ4n) is 0.808. The first-order valence-electron chi connectivity index (χ1n) is 4.01. The number of allylic oxidation sites excluding steroid dienone is 2. The summed E-state index contributed by atoms with van der Waals surface area (Å²) < 4.78 is 0. The molecule has 0 bridgehead atoms. The normalized spacial score (nSPS) is 13.5. The molecule has 1 heteroatoms. The van der Waals surface area contributed by atoms with Crippen molar-refractivity contribution >= 4 is 0 Å². The summed E-state index contributed by atoms with van der Waals surface area (Å²) in [5.41, 5.74) is 2.57. The molecule has 0 rings (SSSR count). The van der Waals surface area contributed by atoms with E-state index in [1.165, 1.54) is 11.1 Å². The van der Waals surface area contributed by atoms with E-state index < -0.39 is 0 Å². The van der Waals surface area contributed by atoms with E-state index in [0.29, 0.717) is 0 Å². The second-order valence-corrected chi connectivity index (χ2v) is 3.08. The Morgan fingerprint density at radius 1 is 1.36 bits per heavy atom. The lowest BCUT2D eigenvalue weighted by Crippen LogP contribution is -2.02. The van der Waals surface area contributed by atoms with Crippen LogP contribution in [0.5, 0.6) is 0 Å². The summed E-state index contributed by atoms with van der Waals surface area (Å²) >= 11 is 0. The number of rotatable bonds is 3. The molecule has 0 saturated heterocycles. The molecule has 0 radical (unpaired) electrons. The molecule has 1 N–H and O–H groups in total. The van der Waals surface area contributed by atoms with Crippen LogP contribution in [0.3, 0.4) is 0 Å². The van der Waals surface area contributed by atoms with Crippen LogP contribution in [0.25, 0.3) is 0 Å². The Bertz CT molecular complexity index is 162. The number of hydrogen-bond donors (Lipinski definition) is 1. The molecule has 0 aliphatic carbocycles. The van der Waals surface area contributed by atoms with Crippen molar-refractivity contribution in [3.05, 3.63) is 23.3 Å². The second kappa shape index (κ2) is 5.14. The summed E-state index contributed by atoms with van der Waals surface area (Å²) in [7, 11) is 0. The molecule has 1 unspecified atom stereocenters. The molecule has 0 aromatic rings. The van der Waals surface area contributed by atoms with Crippen LogP contribution in [0.2, 0.25) is 0 Å². The number of aliphatic hydroxyl groups is 1. The molecule has 0 aromatic heterocycles. The van der Waals surface area contributed by atoms with E-state index in [4.69, 9.17) is 0 Å². The molecule has 1 nitrogen and oxygen atoms in total. The largest absolute Gasteiger partial charge is 0.389 e. The van der Waals surface area contributed by atoms with Crippen molar-refractivity contribution in [1.29, 1.82) is 0 Å². The zero-order chi connectivity index (χ0) is 8.85. The van der Waals surface area contributed by atoms with E-state index in [2.05, 4.69) is 20.8 Å². The fourth-order valence-corrected chi connectivity index (χ4v) is 0.808. The van der Waals surface area contributed by atoms with Gasteiger partial charge in [-0.15, -0.1) is 0 Å². The van der Waals surface area contributed by atoms with Crippen molar-refractivity contribution in [3.8, 4) is 0 Å². The Labute approximate surface area is 69.4 Å². The minimum absolute atomic E-state index is 0.310. The summed E-state index contributed by atoms with van der Waals surface area (Å²) in [5.74, 6) is 0. The minimum atomic E-state index is -0.310. The van der Waals surface area contributed by atoms with Gasteiger partial charge >= 0.3 is 0 Å². The monoisotopic (exact) mass is 154 g/mol. The van der Waals surface area contributed by atoms with Gasteiger partial charge in [0.1, 0.15) is 0 Å². The molecule has 0 aromatic carbocycles. The van der Waals surface area contributed by atoms with Crippen LogP contribution in [0.4, 0.5) is 0 Å². The summed E-state index contributed by atoms with van der Waals surface area (Å²) in [5, 5.41) is 9.35. The molecule has 1 atom stereocenters. The Morgan fingerprint density at radius 3 is 2.27 bits per heavy atom. The van der Waals surface area contributed by atoms with Gasteiger partial charge in [-0.3, -0.25) is 0 Å². The van der Waals surface area contributed by atoms with Crippen LogP contribution < -0.4 is 0 Å². The van der Waals surface area contributed by atoms with Crippen molar-refractivity contribution in [3.63, 3.8) is 0 Å². The van der Waals surface area contributed by atoms with Crippen molar-refractivity contribution in [1.82, 2.24) is 0 Å². The first-order valence-corrected chi connectivity index (χ1v) is 4.01. The van der Waals surface area contributed by atoms with Gasteiger partial charge in [0.2, 0.25) is 0 Å². The molecular weight excluding hydrogens is 136 g/mol. The van der Waals surface area contributed by atoms with Gasteiger partial charge in [0.25, 0.3) is 0 Å². The van der Waals surface area contributed by atoms with Crippen LogP contribution in [-0.2, 0) is 0 Å². The van der Waals surface area contributed by atoms with Crippen molar-refractivity contribution < 1.29 is 5.11 Å². The molecule has 0 amide bonds. The van der Waals surface area contributed by atoms with Crippen molar-refractivity contribution in [2.24, 2.45) is 0 Å². The Morgan fingerprint density at radius 2 is 1.91 bits per heavy atom. The lowest BCUT2D eigenvalue weighted by atomic mass is 10.1. The predicted molar refractivity (Wildman–Crippen MR) is 49.5 cm³/mol. The zero-order valence-electron chi connectivity index (χ0n) is 7.89. The molecule has 0 spiro atoms. The van der Waals surface area contributed by atoms with E-state index in [9.17, 15) is 5.11 Å². The first-order chi connectivity index (χ1) is 5.07. The van der Waals surface area contributed by atoms with Gasteiger partial charge < -0.3 is 5.11 Å². The summed E-state index contributed by atoms with van der Waals surface area (Å²) in [6.45, 7) is 8.11. The minimum Gasteiger partial charge on any atom is -0.389 e. The molecule has 0 aliphatic rings. The lowest BCUT2D eigenvalue weighted by Gasteiger charge is -2.06. The molecule has 0 aliphatic heterocycles. The summed E-state index contributed by atoms with van der Waals surface area (Å²) in [4.78, 5) is 0.